The highest BCUT2D eigenvalue weighted by Crippen LogP contribution is 2.44. The predicted molar refractivity (Wildman–Crippen MR) is 146 cm³/mol. The van der Waals surface area contributed by atoms with Crippen LogP contribution < -0.4 is 0 Å². The second-order valence-electron chi connectivity index (χ2n) is 11.4. The Labute approximate surface area is 223 Å². The smallest absolute Gasteiger partial charge is 0.256 e. The number of benzene rings is 2. The largest absolute Gasteiger partial charge is 0.350 e. The van der Waals surface area contributed by atoms with E-state index in [0.29, 0.717) is 18.7 Å². The van der Waals surface area contributed by atoms with Crippen LogP contribution in [0.25, 0.3) is 10.9 Å². The van der Waals surface area contributed by atoms with Crippen molar-refractivity contribution in [3.05, 3.63) is 70.7 Å². The van der Waals surface area contributed by atoms with Gasteiger partial charge in [0.1, 0.15) is 12.4 Å². The van der Waals surface area contributed by atoms with Gasteiger partial charge in [0.15, 0.2) is 0 Å². The Balaban J connectivity index is 1.34. The molecule has 0 bridgehead atoms. The maximum atomic E-state index is 14.9. The second-order valence-corrected chi connectivity index (χ2v) is 11.4. The zero-order chi connectivity index (χ0) is 26.7. The van der Waals surface area contributed by atoms with Crippen molar-refractivity contribution in [1.82, 2.24) is 24.2 Å². The normalized spacial score (nSPS) is 24.2. The number of rotatable bonds is 4. The lowest BCUT2D eigenvalue weighted by Gasteiger charge is -2.32. The molecule has 6 rings (SSSR count). The van der Waals surface area contributed by atoms with Crippen molar-refractivity contribution in [3.8, 4) is 0 Å². The minimum atomic E-state index is -0.0972. The van der Waals surface area contributed by atoms with E-state index >= 15 is 0 Å². The summed E-state index contributed by atoms with van der Waals surface area (Å²) in [4.78, 5) is 34.0. The van der Waals surface area contributed by atoms with Gasteiger partial charge in [-0.3, -0.25) is 14.5 Å². The number of aryl methyl sites for hydroxylation is 2. The monoisotopic (exact) mass is 517 g/mol. The van der Waals surface area contributed by atoms with E-state index in [0.717, 1.165) is 48.0 Å². The third-order valence-corrected chi connectivity index (χ3v) is 8.99. The van der Waals surface area contributed by atoms with Gasteiger partial charge in [-0.1, -0.05) is 24.3 Å². The Morgan fingerprint density at radius 2 is 1.84 bits per heavy atom. The lowest BCUT2D eigenvalue weighted by atomic mass is 9.92. The minimum Gasteiger partial charge on any atom is -0.350 e. The van der Waals surface area contributed by atoms with Gasteiger partial charge >= 0.3 is 0 Å². The molecule has 0 saturated carbocycles. The highest BCUT2D eigenvalue weighted by atomic mass is 19.1. The van der Waals surface area contributed by atoms with Crippen molar-refractivity contribution in [2.24, 2.45) is 7.05 Å². The summed E-state index contributed by atoms with van der Waals surface area (Å²) in [6.07, 6.45) is 4.03. The van der Waals surface area contributed by atoms with Crippen LogP contribution in [0.4, 0.5) is 4.39 Å². The molecule has 3 aromatic rings. The summed E-state index contributed by atoms with van der Waals surface area (Å²) >= 11 is 0. The number of carbonyl (C=O) groups excluding carboxylic acids is 2. The SMILES string of the molecule is CN1CCN(C(=O)c2cccc3c([C@H]4CN(C5CCc6cccc(F)c65)C[C@@H]4N(C)C)cn(C)c23)CC1=O. The molecule has 3 heterocycles. The Morgan fingerprint density at radius 3 is 2.61 bits per heavy atom. The number of likely N-dealkylation sites (N-methyl/N-ethyl adjacent to an activating group) is 2. The third-order valence-electron chi connectivity index (χ3n) is 8.99. The summed E-state index contributed by atoms with van der Waals surface area (Å²) < 4.78 is 17.0. The number of hydrogen-bond donors (Lipinski definition) is 0. The van der Waals surface area contributed by atoms with Gasteiger partial charge in [-0.15, -0.1) is 0 Å². The van der Waals surface area contributed by atoms with Crippen LogP contribution in [0.1, 0.15) is 45.4 Å². The minimum absolute atomic E-state index is 0.0332. The molecular weight excluding hydrogens is 481 g/mol. The molecule has 2 saturated heterocycles. The summed E-state index contributed by atoms with van der Waals surface area (Å²) in [5, 5.41) is 1.08. The summed E-state index contributed by atoms with van der Waals surface area (Å²) in [5.74, 6) is -0.000156. The van der Waals surface area contributed by atoms with E-state index in [9.17, 15) is 14.0 Å². The molecule has 2 aromatic carbocycles. The van der Waals surface area contributed by atoms with Gasteiger partial charge in [0.2, 0.25) is 5.91 Å². The van der Waals surface area contributed by atoms with Crippen LogP contribution in [0.15, 0.2) is 42.6 Å². The number of carbonyl (C=O) groups is 2. The number of aromatic nitrogens is 1. The summed E-state index contributed by atoms with van der Waals surface area (Å²) in [7, 11) is 8.01. The number of nitrogens with zero attached hydrogens (tertiary/aromatic N) is 5. The van der Waals surface area contributed by atoms with E-state index in [-0.39, 0.29) is 42.2 Å². The Hall–Kier alpha value is -3.23. The standard InChI is InChI=1S/C30H36FN5O2/c1-32(2)26-17-36(25-12-11-19-7-5-10-24(31)28(19)25)16-23(26)22-15-34(4)29-20(22)8-6-9-21(29)30(38)35-14-13-33(3)27(37)18-35/h5-10,15,23,25-26H,11-14,16-18H2,1-4H3/t23-,25?,26+/m1/s1. The first-order chi connectivity index (χ1) is 18.2. The van der Waals surface area contributed by atoms with E-state index in [1.165, 1.54) is 5.56 Å². The van der Waals surface area contributed by atoms with Gasteiger partial charge in [-0.05, 0) is 50.2 Å². The topological polar surface area (TPSA) is 52.0 Å². The molecule has 38 heavy (non-hydrogen) atoms. The van der Waals surface area contributed by atoms with E-state index in [1.54, 1.807) is 22.9 Å². The van der Waals surface area contributed by atoms with Crippen LogP contribution in [-0.2, 0) is 18.3 Å². The zero-order valence-electron chi connectivity index (χ0n) is 22.7. The Morgan fingerprint density at radius 1 is 1.05 bits per heavy atom. The molecule has 2 aliphatic heterocycles. The molecule has 7 nitrogen and oxygen atoms in total. The maximum absolute atomic E-state index is 14.9. The van der Waals surface area contributed by atoms with Gasteiger partial charge in [-0.25, -0.2) is 4.39 Å². The molecule has 1 unspecified atom stereocenters. The molecule has 3 atom stereocenters. The number of halogens is 1. The molecule has 0 radical (unpaired) electrons. The van der Waals surface area contributed by atoms with Crippen LogP contribution in [0.2, 0.25) is 0 Å². The first-order valence-corrected chi connectivity index (χ1v) is 13.5. The van der Waals surface area contributed by atoms with Gasteiger partial charge in [0.25, 0.3) is 5.91 Å². The summed E-state index contributed by atoms with van der Waals surface area (Å²) in [6, 6.07) is 11.8. The lowest BCUT2D eigenvalue weighted by Crippen LogP contribution is -2.50. The quantitative estimate of drug-likeness (QED) is 0.533. The third kappa shape index (κ3) is 4.01. The molecule has 1 aliphatic carbocycles. The number of hydrogen-bond acceptors (Lipinski definition) is 4. The van der Waals surface area contributed by atoms with Crippen LogP contribution in [-0.4, -0.2) is 95.9 Å². The van der Waals surface area contributed by atoms with Gasteiger partial charge < -0.3 is 19.3 Å². The van der Waals surface area contributed by atoms with E-state index in [4.69, 9.17) is 0 Å². The first-order valence-electron chi connectivity index (χ1n) is 13.5. The van der Waals surface area contributed by atoms with Crippen molar-refractivity contribution in [2.45, 2.75) is 30.8 Å². The molecule has 2 fully saturated rings. The van der Waals surface area contributed by atoms with Crippen molar-refractivity contribution in [1.29, 1.82) is 0 Å². The van der Waals surface area contributed by atoms with Crippen LogP contribution in [0.5, 0.6) is 0 Å². The number of likely N-dealkylation sites (tertiary alicyclic amines) is 1. The fourth-order valence-corrected chi connectivity index (χ4v) is 6.94. The van der Waals surface area contributed by atoms with Gasteiger partial charge in [-0.2, -0.15) is 0 Å². The molecule has 1 aromatic heterocycles. The average Bonchev–Trinajstić information content (AvgIpc) is 3.61. The van der Waals surface area contributed by atoms with Crippen LogP contribution in [0, 0.1) is 5.82 Å². The van der Waals surface area contributed by atoms with Crippen molar-refractivity contribution >= 4 is 22.7 Å². The molecule has 200 valence electrons. The van der Waals surface area contributed by atoms with E-state index < -0.39 is 0 Å². The second kappa shape index (κ2) is 9.50. The molecule has 8 heteroatoms. The Kier molecular flexibility index (Phi) is 6.27. The number of fused-ring (bicyclic) bond motifs is 2. The van der Waals surface area contributed by atoms with Gasteiger partial charge in [0.05, 0.1) is 11.1 Å². The maximum Gasteiger partial charge on any atom is 0.256 e. The Bertz CT molecular complexity index is 1420. The van der Waals surface area contributed by atoms with Crippen LogP contribution >= 0.6 is 0 Å². The molecule has 0 N–H and O–H groups in total. The zero-order valence-corrected chi connectivity index (χ0v) is 22.7. The fraction of sp³-hybridized carbons (Fsp3) is 0.467. The summed E-state index contributed by atoms with van der Waals surface area (Å²) in [5.41, 5.74) is 4.78. The lowest BCUT2D eigenvalue weighted by molar-refractivity contribution is -0.133. The number of piperazine rings is 1. The van der Waals surface area contributed by atoms with Crippen LogP contribution in [0.3, 0.4) is 0 Å². The highest BCUT2D eigenvalue weighted by Gasteiger charge is 2.42. The molecular formula is C30H36FN5O2. The highest BCUT2D eigenvalue weighted by molar-refractivity contribution is 6.07. The fourth-order valence-electron chi connectivity index (χ4n) is 6.94. The van der Waals surface area contributed by atoms with Crippen molar-refractivity contribution < 1.29 is 14.0 Å². The van der Waals surface area contributed by atoms with Crippen molar-refractivity contribution in [2.75, 3.05) is 53.9 Å². The molecule has 2 amide bonds. The summed E-state index contributed by atoms with van der Waals surface area (Å²) in [6.45, 7) is 2.91. The first kappa shape index (κ1) is 25.1. The van der Waals surface area contributed by atoms with Gasteiger partial charge in [0, 0.05) is 75.4 Å². The molecule has 3 aliphatic rings. The van der Waals surface area contributed by atoms with E-state index in [2.05, 4.69) is 46.8 Å². The average molecular weight is 518 g/mol. The van der Waals surface area contributed by atoms with E-state index in [1.807, 2.05) is 25.2 Å². The predicted octanol–water partition coefficient (Wildman–Crippen LogP) is 3.25. The van der Waals surface area contributed by atoms with Crippen molar-refractivity contribution in [3.63, 3.8) is 0 Å². The number of amides is 2. The molecule has 0 spiro atoms. The number of para-hydroxylation sites is 1.